The Morgan fingerprint density at radius 2 is 2.04 bits per heavy atom. The van der Waals surface area contributed by atoms with E-state index in [0.717, 1.165) is 5.69 Å². The smallest absolute Gasteiger partial charge is 0.314 e. The van der Waals surface area contributed by atoms with E-state index in [1.807, 2.05) is 12.1 Å². The monoisotopic (exact) mass is 438 g/mol. The van der Waals surface area contributed by atoms with Crippen molar-refractivity contribution >= 4 is 41.3 Å². The van der Waals surface area contributed by atoms with Gasteiger partial charge in [0.15, 0.2) is 10.5 Å². The summed E-state index contributed by atoms with van der Waals surface area (Å²) in [5.74, 6) is 1.62. The van der Waals surface area contributed by atoms with Gasteiger partial charge in [-0.05, 0) is 30.4 Å². The molecule has 2 aromatic carbocycles. The first-order valence-electron chi connectivity index (χ1n) is 7.90. The molecule has 1 heterocycles. The summed E-state index contributed by atoms with van der Waals surface area (Å²) in [6, 6.07) is 10.2. The van der Waals surface area contributed by atoms with Crippen LogP contribution in [0, 0.1) is 14.9 Å². The number of nitrogens with zero attached hydrogens (tertiary/aromatic N) is 3. The topological polar surface area (TPSA) is 95.2 Å². The molecule has 3 rings (SSSR count). The molecule has 0 radical (unpaired) electrons. The molecule has 0 saturated heterocycles. The zero-order chi connectivity index (χ0) is 20.3. The van der Waals surface area contributed by atoms with Gasteiger partial charge in [-0.1, -0.05) is 17.7 Å². The molecule has 8 nitrogen and oxygen atoms in total. The maximum atomic E-state index is 11.2. The summed E-state index contributed by atoms with van der Waals surface area (Å²) < 4.78 is 12.7. The molecule has 28 heavy (non-hydrogen) atoms. The van der Waals surface area contributed by atoms with Gasteiger partial charge in [-0.25, -0.2) is 0 Å². The fourth-order valence-corrected chi connectivity index (χ4v) is 3.95. The van der Waals surface area contributed by atoms with Gasteiger partial charge < -0.3 is 9.47 Å². The van der Waals surface area contributed by atoms with Crippen LogP contribution in [0.25, 0.3) is 5.69 Å². The fraction of sp³-hybridized carbons (Fsp3) is 0.176. The maximum Gasteiger partial charge on any atom is 0.314 e. The normalized spacial score (nSPS) is 10.7. The van der Waals surface area contributed by atoms with Gasteiger partial charge in [-0.3, -0.25) is 19.8 Å². The lowest BCUT2D eigenvalue weighted by atomic mass is 10.3. The van der Waals surface area contributed by atoms with E-state index in [-0.39, 0.29) is 11.4 Å². The van der Waals surface area contributed by atoms with Gasteiger partial charge in [0.1, 0.15) is 11.6 Å². The van der Waals surface area contributed by atoms with Crippen LogP contribution in [0.2, 0.25) is 5.02 Å². The largest absolute Gasteiger partial charge is 0.495 e. The molecule has 0 atom stereocenters. The molecule has 11 heteroatoms. The van der Waals surface area contributed by atoms with Crippen LogP contribution in [-0.2, 0) is 5.75 Å². The lowest BCUT2D eigenvalue weighted by Crippen LogP contribution is -2.01. The van der Waals surface area contributed by atoms with E-state index in [1.54, 1.807) is 22.8 Å². The lowest BCUT2D eigenvalue weighted by Gasteiger charge is -2.11. The molecule has 0 saturated carbocycles. The van der Waals surface area contributed by atoms with Crippen molar-refractivity contribution in [2.45, 2.75) is 10.6 Å². The zero-order valence-electron chi connectivity index (χ0n) is 14.8. The van der Waals surface area contributed by atoms with Crippen LogP contribution >= 0.6 is 35.6 Å². The van der Waals surface area contributed by atoms with E-state index in [2.05, 4.69) is 10.2 Å². The van der Waals surface area contributed by atoms with Gasteiger partial charge in [-0.2, -0.15) is 5.10 Å². The third-order valence-electron chi connectivity index (χ3n) is 3.83. The minimum Gasteiger partial charge on any atom is -0.495 e. The Balaban J connectivity index is 1.93. The lowest BCUT2D eigenvalue weighted by molar-refractivity contribution is -0.385. The average Bonchev–Trinajstić information content (AvgIpc) is 3.05. The van der Waals surface area contributed by atoms with Gasteiger partial charge in [0.05, 0.1) is 41.5 Å². The summed E-state index contributed by atoms with van der Waals surface area (Å²) in [5.41, 5.74) is 0.625. The second kappa shape index (κ2) is 8.63. The Morgan fingerprint density at radius 1 is 1.29 bits per heavy atom. The highest BCUT2D eigenvalue weighted by atomic mass is 35.5. The van der Waals surface area contributed by atoms with Crippen molar-refractivity contribution in [3.8, 4) is 17.2 Å². The summed E-state index contributed by atoms with van der Waals surface area (Å²) in [5, 5.41) is 18.8. The second-order valence-corrected chi connectivity index (χ2v) is 7.32. The number of nitro groups is 1. The number of methoxy groups -OCH3 is 2. The number of H-pyrrole nitrogens is 1. The summed E-state index contributed by atoms with van der Waals surface area (Å²) in [4.78, 5) is 11.4. The maximum absolute atomic E-state index is 11.2. The number of halogens is 1. The van der Waals surface area contributed by atoms with Crippen LogP contribution in [0.4, 0.5) is 5.69 Å². The molecule has 0 aliphatic carbocycles. The quantitative estimate of drug-likeness (QED) is 0.245. The standard InChI is InChI=1S/C17H15ClN4O4S2/c1-25-13-8-15(14(26-2)7-12(13)22(23)24)28-9-16-19-20-17(27)21(16)11-5-3-4-10(18)6-11/h3-8H,9H2,1-2H3,(H,20,27). The van der Waals surface area contributed by atoms with Gasteiger partial charge in [-0.15, -0.1) is 11.8 Å². The number of hydrogen-bond acceptors (Lipinski definition) is 7. The first-order chi connectivity index (χ1) is 13.4. The van der Waals surface area contributed by atoms with Gasteiger partial charge in [0.25, 0.3) is 0 Å². The first kappa shape index (κ1) is 20.2. The Kier molecular flexibility index (Phi) is 6.22. The summed E-state index contributed by atoms with van der Waals surface area (Å²) in [6.07, 6.45) is 0. The molecular formula is C17H15ClN4O4S2. The second-order valence-electron chi connectivity index (χ2n) is 5.48. The highest BCUT2D eigenvalue weighted by molar-refractivity contribution is 7.98. The van der Waals surface area contributed by atoms with Crippen LogP contribution in [0.15, 0.2) is 41.3 Å². The van der Waals surface area contributed by atoms with Crippen LogP contribution in [0.1, 0.15) is 5.82 Å². The van der Waals surface area contributed by atoms with Gasteiger partial charge in [0, 0.05) is 11.1 Å². The third kappa shape index (κ3) is 4.13. The molecule has 0 aliphatic rings. The van der Waals surface area contributed by atoms with Crippen molar-refractivity contribution in [2.24, 2.45) is 0 Å². The Morgan fingerprint density at radius 3 is 2.68 bits per heavy atom. The van der Waals surface area contributed by atoms with Crippen molar-refractivity contribution < 1.29 is 14.4 Å². The highest BCUT2D eigenvalue weighted by Gasteiger charge is 2.20. The van der Waals surface area contributed by atoms with E-state index >= 15 is 0 Å². The van der Waals surface area contributed by atoms with Gasteiger partial charge in [0.2, 0.25) is 0 Å². The Hall–Kier alpha value is -2.56. The molecule has 0 fully saturated rings. The molecule has 146 valence electrons. The van der Waals surface area contributed by atoms with E-state index < -0.39 is 4.92 Å². The fourth-order valence-electron chi connectivity index (χ4n) is 2.56. The minimum atomic E-state index is -0.514. The van der Waals surface area contributed by atoms with Crippen molar-refractivity contribution in [1.82, 2.24) is 14.8 Å². The van der Waals surface area contributed by atoms with E-state index in [1.165, 1.54) is 32.0 Å². The first-order valence-corrected chi connectivity index (χ1v) is 9.67. The van der Waals surface area contributed by atoms with Crippen molar-refractivity contribution in [2.75, 3.05) is 14.2 Å². The van der Waals surface area contributed by atoms with Crippen molar-refractivity contribution in [1.29, 1.82) is 0 Å². The summed E-state index contributed by atoms with van der Waals surface area (Å²) in [7, 11) is 2.84. The predicted octanol–water partition coefficient (Wildman–Crippen LogP) is 4.80. The van der Waals surface area contributed by atoms with Crippen LogP contribution < -0.4 is 9.47 Å². The molecular weight excluding hydrogens is 424 g/mol. The van der Waals surface area contributed by atoms with Crippen LogP contribution in [0.5, 0.6) is 11.5 Å². The van der Waals surface area contributed by atoms with Crippen LogP contribution in [-0.4, -0.2) is 33.9 Å². The van der Waals surface area contributed by atoms with E-state index in [4.69, 9.17) is 33.3 Å². The molecule has 0 amide bonds. The summed E-state index contributed by atoms with van der Waals surface area (Å²) in [6.45, 7) is 0. The van der Waals surface area contributed by atoms with Gasteiger partial charge >= 0.3 is 5.69 Å². The molecule has 0 bridgehead atoms. The highest BCUT2D eigenvalue weighted by Crippen LogP contribution is 2.40. The number of hydrogen-bond donors (Lipinski definition) is 1. The number of benzene rings is 2. The number of aromatic amines is 1. The molecule has 3 aromatic rings. The van der Waals surface area contributed by atoms with E-state index in [9.17, 15) is 10.1 Å². The number of aromatic nitrogens is 3. The number of ether oxygens (including phenoxy) is 2. The molecule has 0 aliphatic heterocycles. The SMILES string of the molecule is COc1cc([N+](=O)[O-])c(OC)cc1SCc1n[nH]c(=S)n1-c1cccc(Cl)c1. The Bertz CT molecular complexity index is 1080. The minimum absolute atomic E-state index is 0.155. The zero-order valence-corrected chi connectivity index (χ0v) is 17.2. The van der Waals surface area contributed by atoms with E-state index in [0.29, 0.717) is 32.0 Å². The average molecular weight is 439 g/mol. The number of nitrogens with one attached hydrogen (secondary N) is 1. The molecule has 1 N–H and O–H groups in total. The number of rotatable bonds is 7. The number of thioether (sulfide) groups is 1. The van der Waals surface area contributed by atoms with Crippen molar-refractivity contribution in [3.63, 3.8) is 0 Å². The predicted molar refractivity (Wildman–Crippen MR) is 110 cm³/mol. The number of nitro benzene ring substituents is 1. The summed E-state index contributed by atoms with van der Waals surface area (Å²) >= 11 is 12.8. The third-order valence-corrected chi connectivity index (χ3v) is 5.37. The molecule has 0 spiro atoms. The molecule has 1 aromatic heterocycles. The molecule has 0 unspecified atom stereocenters. The Labute approximate surface area is 174 Å². The van der Waals surface area contributed by atoms with Crippen molar-refractivity contribution in [3.05, 3.63) is 62.1 Å². The van der Waals surface area contributed by atoms with Crippen LogP contribution in [0.3, 0.4) is 0 Å².